The maximum Gasteiger partial charge on any atom is 0.119 e. The van der Waals surface area contributed by atoms with Gasteiger partial charge in [0.1, 0.15) is 10.4 Å². The lowest BCUT2D eigenvalue weighted by atomic mass is 10.2. The maximum absolute atomic E-state index is 5.12. The number of rotatable bonds is 4. The Morgan fingerprint density at radius 1 is 1.00 bits per heavy atom. The van der Waals surface area contributed by atoms with Crippen molar-refractivity contribution in [2.24, 2.45) is 4.99 Å². The molecule has 5 heteroatoms. The molecular formula is C18H14BrN3O. The van der Waals surface area contributed by atoms with Gasteiger partial charge in [-0.3, -0.25) is 9.98 Å². The molecule has 0 fully saturated rings. The Labute approximate surface area is 143 Å². The molecule has 0 N–H and O–H groups in total. The van der Waals surface area contributed by atoms with Gasteiger partial charge in [-0.25, -0.2) is 4.98 Å². The van der Waals surface area contributed by atoms with E-state index >= 15 is 0 Å². The lowest BCUT2D eigenvalue weighted by Crippen LogP contribution is -1.89. The first-order valence-electron chi connectivity index (χ1n) is 7.02. The first-order valence-corrected chi connectivity index (χ1v) is 7.81. The van der Waals surface area contributed by atoms with Crippen LogP contribution in [0.2, 0.25) is 0 Å². The van der Waals surface area contributed by atoms with Crippen molar-refractivity contribution in [2.75, 3.05) is 7.11 Å². The molecular weight excluding hydrogens is 354 g/mol. The summed E-state index contributed by atoms with van der Waals surface area (Å²) in [6.07, 6.45) is 3.57. The van der Waals surface area contributed by atoms with Gasteiger partial charge in [-0.2, -0.15) is 0 Å². The molecule has 1 aromatic carbocycles. The highest BCUT2D eigenvalue weighted by molar-refractivity contribution is 9.10. The molecule has 0 saturated heterocycles. The number of methoxy groups -OCH3 is 1. The second-order valence-corrected chi connectivity index (χ2v) is 5.59. The summed E-state index contributed by atoms with van der Waals surface area (Å²) in [5, 5.41) is 0. The first kappa shape index (κ1) is 15.4. The van der Waals surface area contributed by atoms with E-state index in [2.05, 4.69) is 30.9 Å². The third-order valence-electron chi connectivity index (χ3n) is 3.20. The molecule has 0 aliphatic carbocycles. The normalized spacial score (nSPS) is 10.9. The molecule has 3 aromatic rings. The number of halogens is 1. The van der Waals surface area contributed by atoms with Gasteiger partial charge >= 0.3 is 0 Å². The standard InChI is InChI=1S/C18H14BrN3O/c1-23-15-8-6-14(7-9-15)20-11-13-5-10-16(21-12-13)17-3-2-4-18(19)22-17/h2-12H,1H3. The monoisotopic (exact) mass is 367 g/mol. The van der Waals surface area contributed by atoms with E-state index in [0.717, 1.165) is 33.0 Å². The molecule has 0 atom stereocenters. The quantitative estimate of drug-likeness (QED) is 0.497. The minimum Gasteiger partial charge on any atom is -0.497 e. The van der Waals surface area contributed by atoms with Crippen molar-refractivity contribution in [3.05, 3.63) is 71.0 Å². The molecule has 0 radical (unpaired) electrons. The zero-order valence-electron chi connectivity index (χ0n) is 12.5. The van der Waals surface area contributed by atoms with Crippen molar-refractivity contribution in [1.82, 2.24) is 9.97 Å². The molecule has 0 aliphatic rings. The molecule has 3 rings (SSSR count). The van der Waals surface area contributed by atoms with Crippen LogP contribution in [0.5, 0.6) is 5.75 Å². The van der Waals surface area contributed by atoms with Crippen molar-refractivity contribution in [3.8, 4) is 17.1 Å². The highest BCUT2D eigenvalue weighted by atomic mass is 79.9. The molecule has 0 saturated carbocycles. The summed E-state index contributed by atoms with van der Waals surface area (Å²) in [6.45, 7) is 0. The van der Waals surface area contributed by atoms with Crippen LogP contribution in [0.25, 0.3) is 11.4 Å². The van der Waals surface area contributed by atoms with Crippen LogP contribution in [0, 0.1) is 0 Å². The molecule has 4 nitrogen and oxygen atoms in total. The molecule has 2 aromatic heterocycles. The van der Waals surface area contributed by atoms with E-state index in [1.165, 1.54) is 0 Å². The predicted octanol–water partition coefficient (Wildman–Crippen LogP) is 4.67. The molecule has 0 amide bonds. The average molecular weight is 368 g/mol. The lowest BCUT2D eigenvalue weighted by molar-refractivity contribution is 0.415. The largest absolute Gasteiger partial charge is 0.497 e. The number of pyridine rings is 2. The van der Waals surface area contributed by atoms with E-state index in [9.17, 15) is 0 Å². The number of benzene rings is 1. The van der Waals surface area contributed by atoms with Crippen LogP contribution in [0.15, 0.2) is 70.4 Å². The van der Waals surface area contributed by atoms with Gasteiger partial charge in [-0.05, 0) is 64.5 Å². The SMILES string of the molecule is COc1ccc(N=Cc2ccc(-c3cccc(Br)n3)nc2)cc1. The summed E-state index contributed by atoms with van der Waals surface area (Å²) >= 11 is 3.37. The number of aliphatic imine (C=N–C) groups is 1. The maximum atomic E-state index is 5.12. The Hall–Kier alpha value is -2.53. The van der Waals surface area contributed by atoms with Crippen LogP contribution in [-0.4, -0.2) is 23.3 Å². The Morgan fingerprint density at radius 3 is 2.48 bits per heavy atom. The van der Waals surface area contributed by atoms with Gasteiger partial charge in [0.25, 0.3) is 0 Å². The van der Waals surface area contributed by atoms with Crippen LogP contribution in [0.3, 0.4) is 0 Å². The summed E-state index contributed by atoms with van der Waals surface area (Å²) in [4.78, 5) is 13.3. The van der Waals surface area contributed by atoms with Gasteiger partial charge in [0.2, 0.25) is 0 Å². The van der Waals surface area contributed by atoms with Gasteiger partial charge in [0, 0.05) is 18.0 Å². The molecule has 2 heterocycles. The van der Waals surface area contributed by atoms with Gasteiger partial charge in [-0.1, -0.05) is 6.07 Å². The Bertz CT molecular complexity index is 814. The van der Waals surface area contributed by atoms with Crippen LogP contribution < -0.4 is 4.74 Å². The fourth-order valence-corrected chi connectivity index (χ4v) is 2.35. The van der Waals surface area contributed by atoms with E-state index in [4.69, 9.17) is 4.74 Å². The van der Waals surface area contributed by atoms with Crippen LogP contribution in [0.1, 0.15) is 5.56 Å². The minimum absolute atomic E-state index is 0.793. The van der Waals surface area contributed by atoms with Crippen LogP contribution >= 0.6 is 15.9 Å². The number of hydrogen-bond donors (Lipinski definition) is 0. The van der Waals surface area contributed by atoms with E-state index in [1.54, 1.807) is 19.5 Å². The highest BCUT2D eigenvalue weighted by Crippen LogP contribution is 2.19. The van der Waals surface area contributed by atoms with Crippen molar-refractivity contribution in [3.63, 3.8) is 0 Å². The summed E-state index contributed by atoms with van der Waals surface area (Å²) < 4.78 is 5.92. The summed E-state index contributed by atoms with van der Waals surface area (Å²) in [5.74, 6) is 0.816. The summed E-state index contributed by atoms with van der Waals surface area (Å²) in [5.41, 5.74) is 3.45. The summed E-state index contributed by atoms with van der Waals surface area (Å²) in [7, 11) is 1.64. The topological polar surface area (TPSA) is 47.4 Å². The van der Waals surface area contributed by atoms with Crippen LogP contribution in [0.4, 0.5) is 5.69 Å². The Balaban J connectivity index is 1.75. The van der Waals surface area contributed by atoms with Gasteiger partial charge in [0.15, 0.2) is 0 Å². The highest BCUT2D eigenvalue weighted by Gasteiger charge is 2.01. The fraction of sp³-hybridized carbons (Fsp3) is 0.0556. The van der Waals surface area contributed by atoms with Crippen molar-refractivity contribution < 1.29 is 4.74 Å². The van der Waals surface area contributed by atoms with E-state index < -0.39 is 0 Å². The van der Waals surface area contributed by atoms with E-state index in [0.29, 0.717) is 0 Å². The molecule has 0 spiro atoms. The van der Waals surface area contributed by atoms with Gasteiger partial charge in [-0.15, -0.1) is 0 Å². The fourth-order valence-electron chi connectivity index (χ4n) is 2.00. The third kappa shape index (κ3) is 4.02. The number of hydrogen-bond acceptors (Lipinski definition) is 4. The lowest BCUT2D eigenvalue weighted by Gasteiger charge is -2.01. The number of ether oxygens (including phenoxy) is 1. The molecule has 114 valence electrons. The second kappa shape index (κ2) is 7.15. The molecule has 0 unspecified atom stereocenters. The second-order valence-electron chi connectivity index (χ2n) is 4.78. The smallest absolute Gasteiger partial charge is 0.119 e. The third-order valence-corrected chi connectivity index (χ3v) is 3.64. The first-order chi connectivity index (χ1) is 11.2. The van der Waals surface area contributed by atoms with E-state index in [1.807, 2.05) is 54.6 Å². The zero-order chi connectivity index (χ0) is 16.1. The minimum atomic E-state index is 0.793. The number of aromatic nitrogens is 2. The molecule has 0 aliphatic heterocycles. The predicted molar refractivity (Wildman–Crippen MR) is 95.4 cm³/mol. The van der Waals surface area contributed by atoms with Crippen molar-refractivity contribution in [2.45, 2.75) is 0 Å². The molecule has 0 bridgehead atoms. The van der Waals surface area contributed by atoms with E-state index in [-0.39, 0.29) is 0 Å². The summed E-state index contributed by atoms with van der Waals surface area (Å²) in [6, 6.07) is 17.2. The number of nitrogens with zero attached hydrogens (tertiary/aromatic N) is 3. The van der Waals surface area contributed by atoms with Gasteiger partial charge < -0.3 is 4.74 Å². The van der Waals surface area contributed by atoms with Crippen molar-refractivity contribution >= 4 is 27.8 Å². The average Bonchev–Trinajstić information content (AvgIpc) is 2.61. The zero-order valence-corrected chi connectivity index (χ0v) is 14.1. The van der Waals surface area contributed by atoms with Crippen LogP contribution in [-0.2, 0) is 0 Å². The van der Waals surface area contributed by atoms with Gasteiger partial charge in [0.05, 0.1) is 24.2 Å². The Morgan fingerprint density at radius 2 is 1.83 bits per heavy atom. The molecule has 23 heavy (non-hydrogen) atoms. The van der Waals surface area contributed by atoms with Crippen molar-refractivity contribution in [1.29, 1.82) is 0 Å². The Kier molecular flexibility index (Phi) is 4.78.